The largest absolute Gasteiger partial charge is 0.310 e. The lowest BCUT2D eigenvalue weighted by molar-refractivity contribution is 0.875. The second-order valence-electron chi connectivity index (χ2n) is 28.5. The summed E-state index contributed by atoms with van der Waals surface area (Å²) in [6, 6.07) is 125. The van der Waals surface area contributed by atoms with Crippen LogP contribution in [0.2, 0.25) is 0 Å². The molecule has 7 heteroatoms. The highest BCUT2D eigenvalue weighted by Crippen LogP contribution is 2.53. The van der Waals surface area contributed by atoms with E-state index in [1.54, 1.807) is 0 Å². The third-order valence-corrected chi connectivity index (χ3v) is 22.6. The van der Waals surface area contributed by atoms with Crippen molar-refractivity contribution < 1.29 is 0 Å². The van der Waals surface area contributed by atoms with Crippen molar-refractivity contribution in [1.29, 1.82) is 6.60 Å². The van der Waals surface area contributed by atoms with Gasteiger partial charge >= 0.3 is 0 Å². The molecule has 1 aromatic heterocycles. The number of thiophene rings is 1. The minimum Gasteiger partial charge on any atom is -0.310 e. The molecule has 0 spiro atoms. The van der Waals surface area contributed by atoms with E-state index < -0.39 is 0 Å². The monoisotopic (exact) mass is 1410 g/mol. The van der Waals surface area contributed by atoms with Gasteiger partial charge in [0.05, 0.1) is 29.6 Å². The standard InChI is InChI=1S/C52H34S.C50H42N4.BH.B/c1-3-15-36(16-4-1)48-34-49(53-52(48)39-18-5-2-6-19-39)40-21-13-22-41(33-40)51-46-26-11-9-24-44(46)50(45-25-10-12-27-47(45)51)38-31-29-37(30-32-38)43-28-14-20-35-17-7-8-23-42(35)43;1-31(2)43-28-47(53(45-14-10-8-12-33(45)5)37-20-16-35(30-51)17-21-37)41-26-24-40-44(32(3)4)29-48(42-27-25-39(43)49(41)50(40)42)54(46-15-11-9-13-34(46)6)38-22-18-36(52-7)19-23-38;;/h1-34H;8-29,31-32H,1-6H3;1H;/i;;1D;. The summed E-state index contributed by atoms with van der Waals surface area (Å²) in [5.41, 5.74) is 25.1. The van der Waals surface area contributed by atoms with Crippen LogP contribution in [-0.2, 0) is 0 Å². The molecule has 109 heavy (non-hydrogen) atoms. The van der Waals surface area contributed by atoms with Crippen LogP contribution in [0.4, 0.5) is 39.8 Å². The lowest BCUT2D eigenvalue weighted by Gasteiger charge is -2.32. The number of aryl methyl sites for hydroxylation is 2. The maximum atomic E-state index is 9.67. The van der Waals surface area contributed by atoms with Crippen LogP contribution in [0.1, 0.15) is 67.3 Å². The Morgan fingerprint density at radius 2 is 0.780 bits per heavy atom. The Bertz CT molecular complexity index is 6180. The molecule has 0 N–H and O–H groups in total. The SMILES string of the molecule is [2H][B].[B].[C-]#[N+]c1ccc(N(c2ccccc2C)c2cc(C(C)C)c3ccc4c(N(c5ccc(C#N)cc5)c5ccccc5C)cc(C(C)C)c5ccc2c3c54)cc1.c1ccc(-c2cc(-c3cccc(-c4c5ccccc5c(-c5ccc(-c6cccc7ccccc67)cc5)c5ccccc45)c3)sc2-c2ccccc2)cc1. The molecule has 18 aromatic rings. The normalized spacial score (nSPS) is 11.3. The summed E-state index contributed by atoms with van der Waals surface area (Å²) in [4.78, 5) is 11.0. The highest BCUT2D eigenvalue weighted by atomic mass is 32.1. The van der Waals surface area contributed by atoms with E-state index >= 15 is 0 Å². The molecular formula is C102H77B2N4S. The molecule has 17 aromatic carbocycles. The molecule has 0 aliphatic rings. The van der Waals surface area contributed by atoms with Gasteiger partial charge in [0.2, 0.25) is 0 Å². The number of nitriles is 1. The molecule has 0 unspecified atom stereocenters. The third kappa shape index (κ3) is 13.1. The van der Waals surface area contributed by atoms with Gasteiger partial charge in [0, 0.05) is 65.6 Å². The zero-order valence-electron chi connectivity index (χ0n) is 62.8. The fourth-order valence-electron chi connectivity index (χ4n) is 16.2. The molecule has 0 saturated heterocycles. The minimum atomic E-state index is 0. The molecule has 517 valence electrons. The summed E-state index contributed by atoms with van der Waals surface area (Å²) >= 11 is 1.87. The zero-order chi connectivity index (χ0) is 74.8. The Kier molecular flexibility index (Phi) is 19.6. The van der Waals surface area contributed by atoms with E-state index in [9.17, 15) is 5.26 Å². The van der Waals surface area contributed by atoms with Gasteiger partial charge in [0.25, 0.3) is 0 Å². The molecule has 0 saturated carbocycles. The van der Waals surface area contributed by atoms with E-state index in [2.05, 4.69) is 386 Å². The molecule has 1 heterocycles. The number of fused-ring (bicyclic) bond motifs is 3. The second-order valence-corrected chi connectivity index (χ2v) is 29.5. The predicted molar refractivity (Wildman–Crippen MR) is 470 cm³/mol. The molecule has 4 nitrogen and oxygen atoms in total. The summed E-state index contributed by atoms with van der Waals surface area (Å²) in [5.74, 6) is 0.532. The lowest BCUT2D eigenvalue weighted by atomic mass is 9.84. The highest BCUT2D eigenvalue weighted by Gasteiger charge is 2.28. The first-order chi connectivity index (χ1) is 53.5. The number of benzene rings is 17. The highest BCUT2D eigenvalue weighted by molar-refractivity contribution is 7.19. The van der Waals surface area contributed by atoms with Gasteiger partial charge in [-0.3, -0.25) is 0 Å². The van der Waals surface area contributed by atoms with Gasteiger partial charge in [-0.05, 0) is 226 Å². The average molecular weight is 1410 g/mol. The number of hydrogen-bond acceptors (Lipinski definition) is 4. The van der Waals surface area contributed by atoms with Crippen LogP contribution in [0.25, 0.3) is 135 Å². The van der Waals surface area contributed by atoms with Gasteiger partial charge in [0.15, 0.2) is 5.69 Å². The van der Waals surface area contributed by atoms with Gasteiger partial charge in [-0.25, -0.2) is 4.85 Å². The van der Waals surface area contributed by atoms with Crippen LogP contribution in [0.15, 0.2) is 340 Å². The smallest absolute Gasteiger partial charge is 0.187 e. The van der Waals surface area contributed by atoms with E-state index in [-0.39, 0.29) is 20.2 Å². The number of anilines is 6. The first-order valence-electron chi connectivity index (χ1n) is 37.4. The van der Waals surface area contributed by atoms with Crippen molar-refractivity contribution in [1.82, 2.24) is 0 Å². The maximum Gasteiger partial charge on any atom is 0.187 e. The van der Waals surface area contributed by atoms with Crippen LogP contribution >= 0.6 is 11.3 Å². The summed E-state index contributed by atoms with van der Waals surface area (Å²) in [6.07, 6.45) is 0. The quantitative estimate of drug-likeness (QED) is 0.0471. The molecular weight excluding hydrogens is 1330 g/mol. The Morgan fingerprint density at radius 1 is 0.367 bits per heavy atom. The van der Waals surface area contributed by atoms with Crippen LogP contribution in [-0.4, -0.2) is 18.1 Å². The molecule has 18 rings (SSSR count). The summed E-state index contributed by atoms with van der Waals surface area (Å²) in [7, 11) is 3.75. The van der Waals surface area contributed by atoms with Crippen molar-refractivity contribution in [2.45, 2.75) is 53.4 Å². The third-order valence-electron chi connectivity index (χ3n) is 21.3. The van der Waals surface area contributed by atoms with Gasteiger partial charge in [0.1, 0.15) is 0 Å². The van der Waals surface area contributed by atoms with E-state index in [4.69, 9.17) is 7.91 Å². The van der Waals surface area contributed by atoms with Crippen molar-refractivity contribution in [3.05, 3.63) is 379 Å². The topological polar surface area (TPSA) is 34.6 Å². The van der Waals surface area contributed by atoms with E-state index in [0.717, 1.165) is 34.1 Å². The van der Waals surface area contributed by atoms with Gasteiger partial charge in [-0.1, -0.05) is 295 Å². The number of nitrogens with zero attached hydrogens (tertiary/aromatic N) is 4. The van der Waals surface area contributed by atoms with Gasteiger partial charge < -0.3 is 9.80 Å². The summed E-state index contributed by atoms with van der Waals surface area (Å²) in [6.45, 7) is 21.1. The first kappa shape index (κ1) is 70.3. The van der Waals surface area contributed by atoms with E-state index in [1.165, 1.54) is 152 Å². The van der Waals surface area contributed by atoms with Gasteiger partial charge in [-0.2, -0.15) is 5.26 Å². The summed E-state index contributed by atoms with van der Waals surface area (Å²) < 4.78 is 5.25. The van der Waals surface area contributed by atoms with Gasteiger partial charge in [-0.15, -0.1) is 11.3 Å². The Morgan fingerprint density at radius 3 is 1.29 bits per heavy atom. The molecule has 0 aliphatic carbocycles. The fourth-order valence-corrected chi connectivity index (χ4v) is 17.4. The average Bonchev–Trinajstić information content (AvgIpc) is 0.765. The van der Waals surface area contributed by atoms with Crippen molar-refractivity contribution in [3.63, 3.8) is 0 Å². The second kappa shape index (κ2) is 30.4. The van der Waals surface area contributed by atoms with E-state index in [1.807, 2.05) is 35.6 Å². The van der Waals surface area contributed by atoms with Crippen molar-refractivity contribution in [2.24, 2.45) is 0 Å². The fraction of sp³-hybridized carbons (Fsp3) is 0.0784. The maximum absolute atomic E-state index is 9.67. The van der Waals surface area contributed by atoms with Crippen molar-refractivity contribution >= 4 is 133 Å². The van der Waals surface area contributed by atoms with Crippen molar-refractivity contribution in [2.75, 3.05) is 9.80 Å². The molecule has 0 aliphatic heterocycles. The molecule has 0 atom stereocenters. The van der Waals surface area contributed by atoms with Crippen molar-refractivity contribution in [3.8, 4) is 71.5 Å². The molecule has 0 fully saturated rings. The molecule has 5 radical (unpaired) electrons. The Labute approximate surface area is 648 Å². The molecule has 0 bridgehead atoms. The Balaban J connectivity index is 0.000000169. The first-order valence-corrected chi connectivity index (χ1v) is 37.7. The lowest BCUT2D eigenvalue weighted by Crippen LogP contribution is -2.14. The zero-order valence-corrected chi connectivity index (χ0v) is 62.7. The van der Waals surface area contributed by atoms with Crippen LogP contribution in [0, 0.1) is 31.8 Å². The summed E-state index contributed by atoms with van der Waals surface area (Å²) in [5, 5.41) is 24.7. The number of hydrogen-bond donors (Lipinski definition) is 0. The number of para-hydroxylation sites is 2. The van der Waals surface area contributed by atoms with Crippen LogP contribution < -0.4 is 9.80 Å². The van der Waals surface area contributed by atoms with Crippen LogP contribution in [0.3, 0.4) is 0 Å². The van der Waals surface area contributed by atoms with Crippen LogP contribution in [0.5, 0.6) is 0 Å². The Hall–Kier alpha value is -13.0. The molecule has 0 amide bonds. The predicted octanol–water partition coefficient (Wildman–Crippen LogP) is 29.0. The number of rotatable bonds is 14. The van der Waals surface area contributed by atoms with E-state index in [0.29, 0.717) is 11.3 Å². The minimum absolute atomic E-state index is 0.